The zero-order chi connectivity index (χ0) is 7.61. The Labute approximate surface area is 58.2 Å². The van der Waals surface area contributed by atoms with E-state index in [-0.39, 0.29) is 6.04 Å². The van der Waals surface area contributed by atoms with Crippen molar-refractivity contribution < 1.29 is 13.9 Å². The third-order valence-corrected chi connectivity index (χ3v) is 1.46. The van der Waals surface area contributed by atoms with Gasteiger partial charge in [-0.25, -0.2) is 8.78 Å². The Morgan fingerprint density at radius 2 is 2.10 bits per heavy atom. The summed E-state index contributed by atoms with van der Waals surface area (Å²) in [7, 11) is 0. The Hall–Kier alpha value is -0.220. The lowest BCUT2D eigenvalue weighted by molar-refractivity contribution is -0.0478. The molecule has 0 aromatic carbocycles. The Kier molecular flexibility index (Phi) is 2.21. The van der Waals surface area contributed by atoms with Crippen LogP contribution in [0.1, 0.15) is 12.8 Å². The second-order valence-corrected chi connectivity index (χ2v) is 2.67. The van der Waals surface area contributed by atoms with Crippen LogP contribution >= 0.6 is 0 Å². The Bertz CT molecular complexity index is 114. The highest BCUT2D eigenvalue weighted by molar-refractivity contribution is 4.83. The van der Waals surface area contributed by atoms with Crippen molar-refractivity contribution in [3.63, 3.8) is 0 Å². The molecule has 0 amide bonds. The zero-order valence-corrected chi connectivity index (χ0v) is 5.61. The fourth-order valence-electron chi connectivity index (χ4n) is 0.637. The molecule has 1 rings (SSSR count). The minimum atomic E-state index is -2.94. The van der Waals surface area contributed by atoms with Crippen LogP contribution in [-0.4, -0.2) is 30.2 Å². The van der Waals surface area contributed by atoms with Crippen LogP contribution in [0.5, 0.6) is 0 Å². The predicted molar refractivity (Wildman–Crippen MR) is 33.1 cm³/mol. The van der Waals surface area contributed by atoms with Gasteiger partial charge in [-0.2, -0.15) is 0 Å². The highest BCUT2D eigenvalue weighted by Gasteiger charge is 2.30. The van der Waals surface area contributed by atoms with E-state index < -0.39 is 19.1 Å². The molecule has 0 aromatic rings. The van der Waals surface area contributed by atoms with Crippen LogP contribution in [0.25, 0.3) is 0 Å². The highest BCUT2D eigenvalue weighted by Crippen LogP contribution is 2.20. The van der Waals surface area contributed by atoms with Crippen molar-refractivity contribution in [2.45, 2.75) is 24.8 Å². The van der Waals surface area contributed by atoms with Gasteiger partial charge in [-0.3, -0.25) is 0 Å². The van der Waals surface area contributed by atoms with Crippen molar-refractivity contribution in [1.29, 1.82) is 0 Å². The SMILES string of the molecule is OCC(F)(F)CNC1CC1. The van der Waals surface area contributed by atoms with Crippen molar-refractivity contribution in [2.24, 2.45) is 0 Å². The number of alkyl halides is 2. The number of hydrogen-bond donors (Lipinski definition) is 2. The van der Waals surface area contributed by atoms with Gasteiger partial charge in [-0.1, -0.05) is 0 Å². The fraction of sp³-hybridized carbons (Fsp3) is 1.00. The molecule has 0 aromatic heterocycles. The molecular weight excluding hydrogens is 140 g/mol. The van der Waals surface area contributed by atoms with Crippen LogP contribution in [0, 0.1) is 0 Å². The molecule has 0 bridgehead atoms. The Balaban J connectivity index is 2.09. The molecule has 1 fully saturated rings. The molecule has 0 atom stereocenters. The van der Waals surface area contributed by atoms with Gasteiger partial charge in [0.2, 0.25) is 0 Å². The molecule has 0 radical (unpaired) electrons. The molecule has 0 unspecified atom stereocenters. The minimum Gasteiger partial charge on any atom is -0.390 e. The second-order valence-electron chi connectivity index (χ2n) is 2.67. The van der Waals surface area contributed by atoms with Crippen molar-refractivity contribution in [1.82, 2.24) is 5.32 Å². The first-order valence-electron chi connectivity index (χ1n) is 3.36. The minimum absolute atomic E-state index is 0.275. The maximum atomic E-state index is 12.2. The van der Waals surface area contributed by atoms with E-state index in [0.29, 0.717) is 0 Å². The van der Waals surface area contributed by atoms with E-state index in [0.717, 1.165) is 12.8 Å². The monoisotopic (exact) mass is 151 g/mol. The summed E-state index contributed by atoms with van der Waals surface area (Å²) in [6.45, 7) is -1.46. The zero-order valence-electron chi connectivity index (χ0n) is 5.61. The van der Waals surface area contributed by atoms with Crippen LogP contribution in [0.15, 0.2) is 0 Å². The molecule has 4 heteroatoms. The summed E-state index contributed by atoms with van der Waals surface area (Å²) in [5.74, 6) is -2.94. The number of aliphatic hydroxyl groups is 1. The summed E-state index contributed by atoms with van der Waals surface area (Å²) in [5, 5.41) is 10.8. The van der Waals surface area contributed by atoms with Crippen LogP contribution < -0.4 is 5.32 Å². The summed E-state index contributed by atoms with van der Waals surface area (Å²) < 4.78 is 24.5. The number of hydrogen-bond acceptors (Lipinski definition) is 2. The smallest absolute Gasteiger partial charge is 0.282 e. The van der Waals surface area contributed by atoms with E-state index in [1.54, 1.807) is 0 Å². The highest BCUT2D eigenvalue weighted by atomic mass is 19.3. The number of aliphatic hydroxyl groups excluding tert-OH is 1. The summed E-state index contributed by atoms with van der Waals surface area (Å²) in [5.41, 5.74) is 0. The third-order valence-electron chi connectivity index (χ3n) is 1.46. The van der Waals surface area contributed by atoms with Gasteiger partial charge >= 0.3 is 0 Å². The topological polar surface area (TPSA) is 32.3 Å². The average Bonchev–Trinajstić information content (AvgIpc) is 2.66. The quantitative estimate of drug-likeness (QED) is 0.608. The molecular formula is C6H11F2NO. The second kappa shape index (κ2) is 2.80. The van der Waals surface area contributed by atoms with E-state index >= 15 is 0 Å². The molecule has 0 saturated heterocycles. The van der Waals surface area contributed by atoms with Gasteiger partial charge < -0.3 is 10.4 Å². The van der Waals surface area contributed by atoms with Crippen molar-refractivity contribution in [3.05, 3.63) is 0 Å². The lowest BCUT2D eigenvalue weighted by Crippen LogP contribution is -2.36. The molecule has 1 aliphatic carbocycles. The van der Waals surface area contributed by atoms with Gasteiger partial charge in [0.15, 0.2) is 0 Å². The Morgan fingerprint density at radius 1 is 1.50 bits per heavy atom. The summed E-state index contributed by atoms with van der Waals surface area (Å²) >= 11 is 0. The van der Waals surface area contributed by atoms with Crippen molar-refractivity contribution in [3.8, 4) is 0 Å². The molecule has 0 aliphatic heterocycles. The largest absolute Gasteiger partial charge is 0.390 e. The molecule has 1 aliphatic rings. The standard InChI is InChI=1S/C6H11F2NO/c7-6(8,4-10)3-9-5-1-2-5/h5,9-10H,1-4H2. The predicted octanol–water partition coefficient (Wildman–Crippen LogP) is 0.366. The molecule has 0 heterocycles. The van der Waals surface area contributed by atoms with Gasteiger partial charge in [0.25, 0.3) is 5.92 Å². The van der Waals surface area contributed by atoms with Crippen molar-refractivity contribution in [2.75, 3.05) is 13.2 Å². The van der Waals surface area contributed by atoms with E-state index in [4.69, 9.17) is 5.11 Å². The molecule has 2 N–H and O–H groups in total. The number of halogens is 2. The molecule has 10 heavy (non-hydrogen) atoms. The van der Waals surface area contributed by atoms with Crippen LogP contribution in [-0.2, 0) is 0 Å². The Morgan fingerprint density at radius 3 is 2.50 bits per heavy atom. The van der Waals surface area contributed by atoms with Crippen LogP contribution in [0.4, 0.5) is 8.78 Å². The lowest BCUT2D eigenvalue weighted by atomic mass is 10.3. The number of nitrogens with one attached hydrogen (secondary N) is 1. The van der Waals surface area contributed by atoms with Gasteiger partial charge in [-0.15, -0.1) is 0 Å². The van der Waals surface area contributed by atoms with Gasteiger partial charge in [0.1, 0.15) is 6.61 Å². The fourth-order valence-corrected chi connectivity index (χ4v) is 0.637. The summed E-state index contributed by atoms with van der Waals surface area (Å²) in [4.78, 5) is 0. The van der Waals surface area contributed by atoms with E-state index in [2.05, 4.69) is 5.32 Å². The van der Waals surface area contributed by atoms with Crippen LogP contribution in [0.2, 0.25) is 0 Å². The van der Waals surface area contributed by atoms with Gasteiger partial charge in [0, 0.05) is 6.04 Å². The normalized spacial score (nSPS) is 19.5. The van der Waals surface area contributed by atoms with E-state index in [9.17, 15) is 8.78 Å². The average molecular weight is 151 g/mol. The lowest BCUT2D eigenvalue weighted by Gasteiger charge is -2.12. The van der Waals surface area contributed by atoms with Gasteiger partial charge in [0.05, 0.1) is 6.54 Å². The maximum Gasteiger partial charge on any atom is 0.282 e. The summed E-state index contributed by atoms with van der Waals surface area (Å²) in [6.07, 6.45) is 1.98. The molecule has 0 spiro atoms. The summed E-state index contributed by atoms with van der Waals surface area (Å²) in [6, 6.07) is 0.275. The van der Waals surface area contributed by atoms with Crippen molar-refractivity contribution >= 4 is 0 Å². The van der Waals surface area contributed by atoms with E-state index in [1.807, 2.05) is 0 Å². The maximum absolute atomic E-state index is 12.2. The first kappa shape index (κ1) is 7.88. The first-order valence-corrected chi connectivity index (χ1v) is 3.36. The number of rotatable bonds is 4. The molecule has 2 nitrogen and oxygen atoms in total. The first-order chi connectivity index (χ1) is 4.64. The van der Waals surface area contributed by atoms with Gasteiger partial charge in [-0.05, 0) is 12.8 Å². The third kappa shape index (κ3) is 2.58. The molecule has 60 valence electrons. The molecule has 1 saturated carbocycles. The van der Waals surface area contributed by atoms with E-state index in [1.165, 1.54) is 0 Å². The van der Waals surface area contributed by atoms with Crippen LogP contribution in [0.3, 0.4) is 0 Å².